The number of likely N-dealkylation sites (tertiary alicyclic amines) is 1. The molecule has 1 heterocycles. The number of hydrogen-bond acceptors (Lipinski definition) is 4. The zero-order valence-corrected chi connectivity index (χ0v) is 23.4. The lowest BCUT2D eigenvalue weighted by Gasteiger charge is -2.43. The number of benzene rings is 1. The SMILES string of the molecule is CNC[C@H](CC1(C)CCCCC1)NC(=O)N1CCC[C@@H](COCCN(C)C(=O)O)[C@@H]1c1cccc(Cl)c1. The fourth-order valence-electron chi connectivity index (χ4n) is 6.03. The highest BCUT2D eigenvalue weighted by Gasteiger charge is 2.37. The van der Waals surface area contributed by atoms with Crippen LogP contribution in [0.15, 0.2) is 24.3 Å². The Bertz CT molecular complexity index is 879. The smallest absolute Gasteiger partial charge is 0.407 e. The predicted molar refractivity (Wildman–Crippen MR) is 147 cm³/mol. The van der Waals surface area contributed by atoms with Gasteiger partial charge in [-0.15, -0.1) is 0 Å². The molecule has 208 valence electrons. The van der Waals surface area contributed by atoms with Gasteiger partial charge in [0.1, 0.15) is 0 Å². The Balaban J connectivity index is 1.72. The monoisotopic (exact) mass is 536 g/mol. The van der Waals surface area contributed by atoms with Crippen LogP contribution in [0.1, 0.15) is 69.9 Å². The normalized spacial score (nSPS) is 22.3. The summed E-state index contributed by atoms with van der Waals surface area (Å²) in [5.41, 5.74) is 1.27. The lowest BCUT2D eigenvalue weighted by Crippen LogP contribution is -2.53. The number of amides is 3. The third-order valence-corrected chi connectivity index (χ3v) is 8.25. The number of carboxylic acid groups (broad SMARTS) is 1. The summed E-state index contributed by atoms with van der Waals surface area (Å²) in [5.74, 6) is 0.0895. The average Bonchev–Trinajstić information content (AvgIpc) is 2.86. The Morgan fingerprint density at radius 3 is 2.70 bits per heavy atom. The van der Waals surface area contributed by atoms with Crippen molar-refractivity contribution in [3.63, 3.8) is 0 Å². The second-order valence-corrected chi connectivity index (χ2v) is 11.6. The molecule has 2 fully saturated rings. The van der Waals surface area contributed by atoms with Crippen LogP contribution >= 0.6 is 11.6 Å². The van der Waals surface area contributed by atoms with Gasteiger partial charge in [-0.2, -0.15) is 0 Å². The number of nitrogens with zero attached hydrogens (tertiary/aromatic N) is 2. The highest BCUT2D eigenvalue weighted by molar-refractivity contribution is 6.30. The van der Waals surface area contributed by atoms with Gasteiger partial charge in [-0.25, -0.2) is 9.59 Å². The van der Waals surface area contributed by atoms with E-state index in [1.54, 1.807) is 0 Å². The van der Waals surface area contributed by atoms with E-state index in [0.29, 0.717) is 31.3 Å². The first-order valence-electron chi connectivity index (χ1n) is 13.7. The van der Waals surface area contributed by atoms with Crippen LogP contribution in [-0.2, 0) is 4.74 Å². The molecule has 1 saturated carbocycles. The van der Waals surface area contributed by atoms with Gasteiger partial charge in [0.15, 0.2) is 0 Å². The Kier molecular flexibility index (Phi) is 11.3. The van der Waals surface area contributed by atoms with Gasteiger partial charge in [0, 0.05) is 43.7 Å². The van der Waals surface area contributed by atoms with E-state index < -0.39 is 6.09 Å². The van der Waals surface area contributed by atoms with Crippen LogP contribution in [-0.4, -0.2) is 80.0 Å². The molecule has 0 spiro atoms. The fraction of sp³-hybridized carbons (Fsp3) is 0.714. The molecule has 2 aliphatic rings. The third kappa shape index (κ3) is 8.76. The van der Waals surface area contributed by atoms with Crippen molar-refractivity contribution in [3.8, 4) is 0 Å². The number of urea groups is 1. The molecule has 8 nitrogen and oxygen atoms in total. The van der Waals surface area contributed by atoms with Crippen molar-refractivity contribution in [2.45, 2.75) is 70.4 Å². The van der Waals surface area contributed by atoms with Crippen LogP contribution in [0.2, 0.25) is 5.02 Å². The van der Waals surface area contributed by atoms with Gasteiger partial charge >= 0.3 is 12.1 Å². The number of hydrogen-bond donors (Lipinski definition) is 3. The van der Waals surface area contributed by atoms with Crippen LogP contribution in [0.4, 0.5) is 9.59 Å². The summed E-state index contributed by atoms with van der Waals surface area (Å²) in [4.78, 5) is 28.0. The zero-order valence-electron chi connectivity index (χ0n) is 22.7. The zero-order chi connectivity index (χ0) is 26.8. The van der Waals surface area contributed by atoms with E-state index in [9.17, 15) is 9.59 Å². The quantitative estimate of drug-likeness (QED) is 0.330. The summed E-state index contributed by atoms with van der Waals surface area (Å²) in [6.07, 6.45) is 8.09. The minimum atomic E-state index is -0.973. The Hall–Kier alpha value is -2.03. The molecule has 37 heavy (non-hydrogen) atoms. The topological polar surface area (TPSA) is 94.1 Å². The van der Waals surface area contributed by atoms with E-state index in [-0.39, 0.29) is 29.4 Å². The molecule has 1 saturated heterocycles. The third-order valence-electron chi connectivity index (χ3n) is 8.01. The highest BCUT2D eigenvalue weighted by Crippen LogP contribution is 2.40. The standard InChI is InChI=1S/C28H45ClN4O4/c1-28(12-5-4-6-13-28)18-24(19-30-2)31-26(34)33-14-8-10-22(20-37-16-15-32(3)27(35)36)25(33)21-9-7-11-23(29)17-21/h7,9,11,17,22,24-25,30H,4-6,8,10,12-16,18-20H2,1-3H3,(H,31,34)(H,35,36)/t22-,24-,25-/m0/s1. The molecule has 1 aromatic rings. The minimum absolute atomic E-state index is 0.0417. The van der Waals surface area contributed by atoms with Crippen LogP contribution in [0.5, 0.6) is 0 Å². The first-order valence-corrected chi connectivity index (χ1v) is 14.1. The number of likely N-dealkylation sites (N-methyl/N-ethyl adjacent to an activating group) is 2. The number of carbonyl (C=O) groups excluding carboxylic acids is 1. The number of carbonyl (C=O) groups is 2. The minimum Gasteiger partial charge on any atom is -0.465 e. The molecule has 1 aromatic carbocycles. The van der Waals surface area contributed by atoms with Gasteiger partial charge < -0.3 is 30.3 Å². The van der Waals surface area contributed by atoms with E-state index in [0.717, 1.165) is 31.4 Å². The molecular weight excluding hydrogens is 492 g/mol. The highest BCUT2D eigenvalue weighted by atomic mass is 35.5. The second-order valence-electron chi connectivity index (χ2n) is 11.2. The molecule has 1 aliphatic carbocycles. The van der Waals surface area contributed by atoms with Gasteiger partial charge in [0.2, 0.25) is 0 Å². The van der Waals surface area contributed by atoms with Crippen LogP contribution in [0.25, 0.3) is 0 Å². The number of rotatable bonds is 11. The molecule has 3 rings (SSSR count). The largest absolute Gasteiger partial charge is 0.465 e. The number of nitrogens with one attached hydrogen (secondary N) is 2. The van der Waals surface area contributed by atoms with Crippen molar-refractivity contribution >= 4 is 23.7 Å². The Morgan fingerprint density at radius 1 is 1.27 bits per heavy atom. The Labute approximate surface area is 227 Å². The maximum atomic E-state index is 13.8. The van der Waals surface area contributed by atoms with Crippen molar-refractivity contribution in [1.29, 1.82) is 0 Å². The lowest BCUT2D eigenvalue weighted by molar-refractivity contribution is 0.0278. The summed E-state index contributed by atoms with van der Waals surface area (Å²) in [6.45, 7) is 4.85. The summed E-state index contributed by atoms with van der Waals surface area (Å²) in [7, 11) is 3.47. The van der Waals surface area contributed by atoms with Gasteiger partial charge in [0.05, 0.1) is 19.3 Å². The summed E-state index contributed by atoms with van der Waals surface area (Å²) in [5, 5.41) is 16.4. The Morgan fingerprint density at radius 2 is 2.03 bits per heavy atom. The van der Waals surface area contributed by atoms with Crippen molar-refractivity contribution in [3.05, 3.63) is 34.9 Å². The molecule has 3 atom stereocenters. The van der Waals surface area contributed by atoms with Gasteiger partial charge in [-0.1, -0.05) is 49.9 Å². The predicted octanol–water partition coefficient (Wildman–Crippen LogP) is 5.38. The second kappa shape index (κ2) is 14.2. The van der Waals surface area contributed by atoms with Gasteiger partial charge in [-0.05, 0) is 62.3 Å². The van der Waals surface area contributed by atoms with Crippen LogP contribution in [0.3, 0.4) is 0 Å². The maximum absolute atomic E-state index is 13.8. The fourth-order valence-corrected chi connectivity index (χ4v) is 6.23. The number of ether oxygens (including phenoxy) is 1. The van der Waals surface area contributed by atoms with Crippen molar-refractivity contribution in [2.24, 2.45) is 11.3 Å². The number of halogens is 1. The molecule has 0 bridgehead atoms. The molecule has 1 aliphatic heterocycles. The molecule has 9 heteroatoms. The van der Waals surface area contributed by atoms with E-state index >= 15 is 0 Å². The average molecular weight is 537 g/mol. The number of piperidine rings is 1. The molecule has 0 radical (unpaired) electrons. The van der Waals surface area contributed by atoms with Crippen LogP contribution < -0.4 is 10.6 Å². The van der Waals surface area contributed by atoms with E-state index in [1.165, 1.54) is 44.1 Å². The van der Waals surface area contributed by atoms with Crippen molar-refractivity contribution in [1.82, 2.24) is 20.4 Å². The van der Waals surface area contributed by atoms with Crippen molar-refractivity contribution < 1.29 is 19.4 Å². The van der Waals surface area contributed by atoms with Crippen LogP contribution in [0, 0.1) is 11.3 Å². The molecule has 3 amide bonds. The summed E-state index contributed by atoms with van der Waals surface area (Å²) in [6, 6.07) is 7.60. The maximum Gasteiger partial charge on any atom is 0.407 e. The van der Waals surface area contributed by atoms with Crippen molar-refractivity contribution in [2.75, 3.05) is 46.9 Å². The molecule has 3 N–H and O–H groups in total. The molecule has 0 unspecified atom stereocenters. The lowest BCUT2D eigenvalue weighted by atomic mass is 9.72. The van der Waals surface area contributed by atoms with E-state index in [4.69, 9.17) is 21.4 Å². The van der Waals surface area contributed by atoms with Gasteiger partial charge in [-0.3, -0.25) is 0 Å². The van der Waals surface area contributed by atoms with Gasteiger partial charge in [0.25, 0.3) is 0 Å². The first kappa shape index (κ1) is 29.5. The summed E-state index contributed by atoms with van der Waals surface area (Å²) >= 11 is 6.36. The summed E-state index contributed by atoms with van der Waals surface area (Å²) < 4.78 is 5.93. The van der Waals surface area contributed by atoms with E-state index in [1.807, 2.05) is 36.2 Å². The molecule has 0 aromatic heterocycles. The van der Waals surface area contributed by atoms with E-state index in [2.05, 4.69) is 17.6 Å². The first-order chi connectivity index (χ1) is 17.7. The molecular formula is C28H45ClN4O4.